The van der Waals surface area contributed by atoms with E-state index in [-0.39, 0.29) is 13.1 Å². The number of carbonyl (C=O) groups is 3. The van der Waals surface area contributed by atoms with E-state index < -0.39 is 35.7 Å². The molecule has 31 heavy (non-hydrogen) atoms. The largest absolute Gasteiger partial charge is 0.333 e. The van der Waals surface area contributed by atoms with E-state index in [1.54, 1.807) is 12.1 Å². The van der Waals surface area contributed by atoms with Crippen molar-refractivity contribution in [3.05, 3.63) is 82.1 Å². The molecule has 1 spiro atoms. The molecule has 8 heteroatoms. The van der Waals surface area contributed by atoms with Crippen molar-refractivity contribution in [2.75, 3.05) is 13.1 Å². The number of nitrogens with zero attached hydrogens (tertiary/aromatic N) is 2. The predicted octanol–water partition coefficient (Wildman–Crippen LogP) is 3.50. The Morgan fingerprint density at radius 3 is 2.84 bits per heavy atom. The van der Waals surface area contributed by atoms with Gasteiger partial charge in [-0.25, -0.2) is 9.18 Å². The molecule has 0 saturated carbocycles. The fourth-order valence-electron chi connectivity index (χ4n) is 4.25. The van der Waals surface area contributed by atoms with Crippen molar-refractivity contribution in [1.82, 2.24) is 15.1 Å². The number of urea groups is 1. The number of rotatable bonds is 6. The second kappa shape index (κ2) is 8.26. The Bertz CT molecular complexity index is 1090. The first-order valence-electron chi connectivity index (χ1n) is 9.91. The molecular weight excluding hydrogens is 465 g/mol. The van der Waals surface area contributed by atoms with Gasteiger partial charge in [-0.05, 0) is 42.2 Å². The summed E-state index contributed by atoms with van der Waals surface area (Å²) in [7, 11) is 0. The molecule has 160 valence electrons. The second-order valence-electron chi connectivity index (χ2n) is 7.68. The molecule has 1 fully saturated rings. The number of fused-ring (bicyclic) bond motifs is 2. The van der Waals surface area contributed by atoms with Crippen LogP contribution in [0.2, 0.25) is 0 Å². The van der Waals surface area contributed by atoms with Gasteiger partial charge in [-0.2, -0.15) is 0 Å². The van der Waals surface area contributed by atoms with Crippen LogP contribution in [0.5, 0.6) is 0 Å². The molecule has 2 aromatic rings. The lowest BCUT2D eigenvalue weighted by molar-refractivity contribution is -0.139. The third-order valence-corrected chi connectivity index (χ3v) is 6.28. The SMILES string of the molecule is C=CCN(Cc1cc(Br)ccc1F)C(=O)CN1C(=O)NC2(CCc3ccccc32)C1=O. The molecule has 4 rings (SSSR count). The maximum atomic E-state index is 14.2. The number of imide groups is 1. The van der Waals surface area contributed by atoms with Crippen LogP contribution < -0.4 is 5.32 Å². The van der Waals surface area contributed by atoms with Crippen LogP contribution in [0.3, 0.4) is 0 Å². The van der Waals surface area contributed by atoms with E-state index >= 15 is 0 Å². The minimum Gasteiger partial charge on any atom is -0.333 e. The zero-order chi connectivity index (χ0) is 22.2. The fraction of sp³-hybridized carbons (Fsp3) is 0.261. The zero-order valence-electron chi connectivity index (χ0n) is 16.7. The maximum Gasteiger partial charge on any atom is 0.325 e. The van der Waals surface area contributed by atoms with Crippen LogP contribution in [0.15, 0.2) is 59.6 Å². The highest BCUT2D eigenvalue weighted by Gasteiger charge is 2.55. The summed E-state index contributed by atoms with van der Waals surface area (Å²) < 4.78 is 14.9. The molecule has 0 bridgehead atoms. The highest BCUT2D eigenvalue weighted by Crippen LogP contribution is 2.41. The summed E-state index contributed by atoms with van der Waals surface area (Å²) in [4.78, 5) is 41.2. The third-order valence-electron chi connectivity index (χ3n) is 5.79. The topological polar surface area (TPSA) is 69.7 Å². The van der Waals surface area contributed by atoms with Crippen molar-refractivity contribution in [1.29, 1.82) is 0 Å². The molecule has 0 radical (unpaired) electrons. The van der Waals surface area contributed by atoms with E-state index in [0.717, 1.165) is 16.0 Å². The van der Waals surface area contributed by atoms with E-state index in [4.69, 9.17) is 0 Å². The molecule has 2 aromatic carbocycles. The van der Waals surface area contributed by atoms with E-state index in [9.17, 15) is 18.8 Å². The lowest BCUT2D eigenvalue weighted by atomic mass is 9.92. The van der Waals surface area contributed by atoms with E-state index in [0.29, 0.717) is 22.9 Å². The van der Waals surface area contributed by atoms with Crippen molar-refractivity contribution in [3.63, 3.8) is 0 Å². The standard InChI is InChI=1S/C23H21BrFN3O3/c1-2-11-27(13-16-12-17(24)7-8-19(16)25)20(29)14-28-21(30)23(26-22(28)31)10-9-15-5-3-4-6-18(15)23/h2-8,12H,1,9-11,13-14H2,(H,26,31). The molecular formula is C23H21BrFN3O3. The fourth-order valence-corrected chi connectivity index (χ4v) is 4.66. The Hall–Kier alpha value is -3.00. The summed E-state index contributed by atoms with van der Waals surface area (Å²) in [6.07, 6.45) is 2.66. The van der Waals surface area contributed by atoms with Crippen molar-refractivity contribution >= 4 is 33.8 Å². The summed E-state index contributed by atoms with van der Waals surface area (Å²) in [5.41, 5.74) is 1.00. The number of hydrogen-bond donors (Lipinski definition) is 1. The van der Waals surface area contributed by atoms with E-state index in [1.165, 1.54) is 17.0 Å². The normalized spacial score (nSPS) is 19.5. The van der Waals surface area contributed by atoms with Gasteiger partial charge < -0.3 is 10.2 Å². The maximum absolute atomic E-state index is 14.2. The van der Waals surface area contributed by atoms with Crippen LogP contribution in [0.1, 0.15) is 23.1 Å². The van der Waals surface area contributed by atoms with Gasteiger partial charge in [0.05, 0.1) is 0 Å². The molecule has 1 atom stereocenters. The Kier molecular flexibility index (Phi) is 5.66. The monoisotopic (exact) mass is 485 g/mol. The van der Waals surface area contributed by atoms with Gasteiger partial charge in [-0.1, -0.05) is 46.3 Å². The van der Waals surface area contributed by atoms with Crippen LogP contribution in [0.25, 0.3) is 0 Å². The average Bonchev–Trinajstić information content (AvgIpc) is 3.23. The Labute approximate surface area is 187 Å². The highest BCUT2D eigenvalue weighted by atomic mass is 79.9. The molecule has 1 aliphatic carbocycles. The Balaban J connectivity index is 1.54. The van der Waals surface area contributed by atoms with Gasteiger partial charge in [0.25, 0.3) is 5.91 Å². The first-order valence-corrected chi connectivity index (χ1v) is 10.7. The minimum atomic E-state index is -1.12. The summed E-state index contributed by atoms with van der Waals surface area (Å²) in [5, 5.41) is 2.81. The van der Waals surface area contributed by atoms with Crippen LogP contribution in [-0.4, -0.2) is 40.7 Å². The van der Waals surface area contributed by atoms with Crippen molar-refractivity contribution < 1.29 is 18.8 Å². The zero-order valence-corrected chi connectivity index (χ0v) is 18.3. The van der Waals surface area contributed by atoms with E-state index in [2.05, 4.69) is 27.8 Å². The van der Waals surface area contributed by atoms with Crippen molar-refractivity contribution in [3.8, 4) is 0 Å². The smallest absolute Gasteiger partial charge is 0.325 e. The molecule has 1 heterocycles. The van der Waals surface area contributed by atoms with Crippen LogP contribution >= 0.6 is 15.9 Å². The molecule has 1 saturated heterocycles. The second-order valence-corrected chi connectivity index (χ2v) is 8.60. The van der Waals surface area contributed by atoms with Crippen LogP contribution in [-0.2, 0) is 28.1 Å². The Morgan fingerprint density at radius 1 is 1.29 bits per heavy atom. The first kappa shape index (κ1) is 21.2. The quantitative estimate of drug-likeness (QED) is 0.502. The molecule has 1 aliphatic heterocycles. The first-order chi connectivity index (χ1) is 14.9. The van der Waals surface area contributed by atoms with Gasteiger partial charge in [0.1, 0.15) is 17.9 Å². The number of carbonyl (C=O) groups excluding carboxylic acids is 3. The summed E-state index contributed by atoms with van der Waals surface area (Å²) in [6, 6.07) is 11.4. The van der Waals surface area contributed by atoms with Gasteiger partial charge in [0.15, 0.2) is 0 Å². The lowest BCUT2D eigenvalue weighted by Gasteiger charge is -2.25. The molecule has 6 nitrogen and oxygen atoms in total. The molecule has 1 unspecified atom stereocenters. The summed E-state index contributed by atoms with van der Waals surface area (Å²) >= 11 is 3.30. The highest BCUT2D eigenvalue weighted by molar-refractivity contribution is 9.10. The van der Waals surface area contributed by atoms with Crippen molar-refractivity contribution in [2.24, 2.45) is 0 Å². The molecule has 4 amide bonds. The molecule has 0 aromatic heterocycles. The number of hydrogen-bond acceptors (Lipinski definition) is 3. The number of amides is 4. The number of nitrogens with one attached hydrogen (secondary N) is 1. The van der Waals surface area contributed by atoms with Gasteiger partial charge in [0, 0.05) is 23.1 Å². The van der Waals surface area contributed by atoms with Gasteiger partial charge in [-0.3, -0.25) is 14.5 Å². The van der Waals surface area contributed by atoms with Gasteiger partial charge >= 0.3 is 6.03 Å². The van der Waals surface area contributed by atoms with Crippen molar-refractivity contribution in [2.45, 2.75) is 24.9 Å². The summed E-state index contributed by atoms with van der Waals surface area (Å²) in [6.45, 7) is 3.38. The van der Waals surface area contributed by atoms with E-state index in [1.807, 2.05) is 24.3 Å². The summed E-state index contributed by atoms with van der Waals surface area (Å²) in [5.74, 6) is -1.34. The predicted molar refractivity (Wildman–Crippen MR) is 116 cm³/mol. The Morgan fingerprint density at radius 2 is 2.06 bits per heavy atom. The van der Waals surface area contributed by atoms with Gasteiger partial charge in [0.2, 0.25) is 5.91 Å². The van der Waals surface area contributed by atoms with Gasteiger partial charge in [-0.15, -0.1) is 6.58 Å². The lowest BCUT2D eigenvalue weighted by Crippen LogP contribution is -2.45. The number of benzene rings is 2. The van der Waals surface area contributed by atoms with Crippen LogP contribution in [0.4, 0.5) is 9.18 Å². The minimum absolute atomic E-state index is 0.00620. The molecule has 2 aliphatic rings. The number of aryl methyl sites for hydroxylation is 1. The number of halogens is 2. The average molecular weight is 486 g/mol. The van der Waals surface area contributed by atoms with Crippen LogP contribution in [0, 0.1) is 5.82 Å². The third kappa shape index (κ3) is 3.76. The molecule has 1 N–H and O–H groups in total.